The maximum Gasteiger partial charge on any atom is 0.123 e. The smallest absolute Gasteiger partial charge is 0.123 e. The van der Waals surface area contributed by atoms with Crippen molar-refractivity contribution in [1.82, 2.24) is 5.32 Å². The molecule has 96 valence electrons. The third-order valence-electron chi connectivity index (χ3n) is 2.23. The van der Waals surface area contributed by atoms with Gasteiger partial charge in [0.1, 0.15) is 24.3 Å². The van der Waals surface area contributed by atoms with Gasteiger partial charge in [0.05, 0.1) is 6.61 Å². The zero-order chi connectivity index (χ0) is 12.7. The summed E-state index contributed by atoms with van der Waals surface area (Å²) in [5.74, 6) is 0.192. The molecule has 1 aromatic carbocycles. The summed E-state index contributed by atoms with van der Waals surface area (Å²) in [6, 6.07) is 5.55. The van der Waals surface area contributed by atoms with Gasteiger partial charge in [0, 0.05) is 12.6 Å². The molecule has 2 atom stereocenters. The van der Waals surface area contributed by atoms with Crippen LogP contribution in [0.4, 0.5) is 4.39 Å². The Morgan fingerprint density at radius 2 is 2.00 bits per heavy atom. The highest BCUT2D eigenvalue weighted by atomic mass is 19.1. The summed E-state index contributed by atoms with van der Waals surface area (Å²) in [6.45, 7) is 2.29. The van der Waals surface area contributed by atoms with Crippen LogP contribution in [-0.4, -0.2) is 42.1 Å². The standard InChI is InChI=1S/C12H18FNO3/c1-9(7-15)14-6-11(16)8-17-12-4-2-10(13)3-5-12/h2-5,9,11,14-16H,6-8H2,1H3. The van der Waals surface area contributed by atoms with Gasteiger partial charge in [-0.2, -0.15) is 0 Å². The number of hydrogen-bond acceptors (Lipinski definition) is 4. The van der Waals surface area contributed by atoms with Crippen LogP contribution in [0.5, 0.6) is 5.75 Å². The number of hydrogen-bond donors (Lipinski definition) is 3. The summed E-state index contributed by atoms with van der Waals surface area (Å²) >= 11 is 0. The molecule has 0 aliphatic carbocycles. The lowest BCUT2D eigenvalue weighted by Gasteiger charge is -2.16. The van der Waals surface area contributed by atoms with Crippen molar-refractivity contribution in [2.24, 2.45) is 0 Å². The fourth-order valence-electron chi connectivity index (χ4n) is 1.18. The zero-order valence-electron chi connectivity index (χ0n) is 9.77. The zero-order valence-corrected chi connectivity index (χ0v) is 9.77. The van der Waals surface area contributed by atoms with E-state index in [1.165, 1.54) is 24.3 Å². The SMILES string of the molecule is CC(CO)NCC(O)COc1ccc(F)cc1. The Hall–Kier alpha value is -1.17. The van der Waals surface area contributed by atoms with Crippen LogP contribution >= 0.6 is 0 Å². The molecule has 17 heavy (non-hydrogen) atoms. The van der Waals surface area contributed by atoms with E-state index in [0.717, 1.165) is 0 Å². The lowest BCUT2D eigenvalue weighted by molar-refractivity contribution is 0.101. The third-order valence-corrected chi connectivity index (χ3v) is 2.23. The van der Waals surface area contributed by atoms with Gasteiger partial charge >= 0.3 is 0 Å². The molecule has 5 heteroatoms. The molecular formula is C12H18FNO3. The van der Waals surface area contributed by atoms with E-state index in [0.29, 0.717) is 12.3 Å². The van der Waals surface area contributed by atoms with Crippen molar-refractivity contribution in [3.8, 4) is 5.75 Å². The first-order valence-corrected chi connectivity index (χ1v) is 5.52. The van der Waals surface area contributed by atoms with Crippen molar-refractivity contribution in [3.63, 3.8) is 0 Å². The van der Waals surface area contributed by atoms with E-state index in [-0.39, 0.29) is 25.1 Å². The van der Waals surface area contributed by atoms with Gasteiger partial charge in [-0.25, -0.2) is 4.39 Å². The maximum absolute atomic E-state index is 12.6. The lowest BCUT2D eigenvalue weighted by atomic mass is 10.3. The van der Waals surface area contributed by atoms with Gasteiger partial charge in [0.15, 0.2) is 0 Å². The first-order valence-electron chi connectivity index (χ1n) is 5.52. The monoisotopic (exact) mass is 243 g/mol. The second-order valence-electron chi connectivity index (χ2n) is 3.91. The Bertz CT molecular complexity index is 318. The van der Waals surface area contributed by atoms with Crippen LogP contribution in [0.15, 0.2) is 24.3 Å². The second-order valence-corrected chi connectivity index (χ2v) is 3.91. The van der Waals surface area contributed by atoms with E-state index in [1.54, 1.807) is 0 Å². The third kappa shape index (κ3) is 5.63. The minimum atomic E-state index is -0.672. The number of aliphatic hydroxyl groups excluding tert-OH is 2. The van der Waals surface area contributed by atoms with Crippen molar-refractivity contribution in [1.29, 1.82) is 0 Å². The molecule has 0 heterocycles. The predicted octanol–water partition coefficient (Wildman–Crippen LogP) is 0.536. The van der Waals surface area contributed by atoms with Crippen LogP contribution in [-0.2, 0) is 0 Å². The topological polar surface area (TPSA) is 61.7 Å². The summed E-state index contributed by atoms with van der Waals surface area (Å²) in [5.41, 5.74) is 0. The molecule has 0 fully saturated rings. The number of benzene rings is 1. The van der Waals surface area contributed by atoms with E-state index >= 15 is 0 Å². The van der Waals surface area contributed by atoms with Gasteiger partial charge in [0.2, 0.25) is 0 Å². The highest BCUT2D eigenvalue weighted by Crippen LogP contribution is 2.11. The molecule has 0 amide bonds. The van der Waals surface area contributed by atoms with Crippen LogP contribution in [0.25, 0.3) is 0 Å². The summed E-state index contributed by atoms with van der Waals surface area (Å²) in [5, 5.41) is 21.3. The van der Waals surface area contributed by atoms with Crippen LogP contribution < -0.4 is 10.1 Å². The fraction of sp³-hybridized carbons (Fsp3) is 0.500. The lowest BCUT2D eigenvalue weighted by Crippen LogP contribution is -2.38. The normalized spacial score (nSPS) is 14.4. The Morgan fingerprint density at radius 1 is 1.35 bits per heavy atom. The van der Waals surface area contributed by atoms with Gasteiger partial charge in [-0.05, 0) is 31.2 Å². The molecule has 2 unspecified atom stereocenters. The summed E-state index contributed by atoms with van der Waals surface area (Å²) in [4.78, 5) is 0. The van der Waals surface area contributed by atoms with E-state index in [4.69, 9.17) is 9.84 Å². The number of aliphatic hydroxyl groups is 2. The van der Waals surface area contributed by atoms with Crippen molar-refractivity contribution in [2.45, 2.75) is 19.1 Å². The van der Waals surface area contributed by atoms with Gasteiger partial charge in [-0.1, -0.05) is 0 Å². The van der Waals surface area contributed by atoms with Gasteiger partial charge in [-0.3, -0.25) is 0 Å². The summed E-state index contributed by atoms with van der Waals surface area (Å²) < 4.78 is 17.9. The number of rotatable bonds is 7. The van der Waals surface area contributed by atoms with Crippen LogP contribution in [0, 0.1) is 5.82 Å². The van der Waals surface area contributed by atoms with E-state index in [1.807, 2.05) is 6.92 Å². The van der Waals surface area contributed by atoms with E-state index in [9.17, 15) is 9.50 Å². The minimum absolute atomic E-state index is 0.0194. The molecule has 1 aromatic rings. The molecular weight excluding hydrogens is 225 g/mol. The Kier molecular flexibility index (Phi) is 5.90. The van der Waals surface area contributed by atoms with Crippen molar-refractivity contribution in [2.75, 3.05) is 19.8 Å². The summed E-state index contributed by atoms with van der Waals surface area (Å²) in [6.07, 6.45) is -0.672. The van der Waals surface area contributed by atoms with Gasteiger partial charge < -0.3 is 20.3 Å². The highest BCUT2D eigenvalue weighted by Gasteiger charge is 2.07. The summed E-state index contributed by atoms with van der Waals surface area (Å²) in [7, 11) is 0. The second kappa shape index (κ2) is 7.21. The van der Waals surface area contributed by atoms with Crippen LogP contribution in [0.2, 0.25) is 0 Å². The Labute approximate surface area is 100 Å². The molecule has 0 saturated heterocycles. The van der Waals surface area contributed by atoms with Crippen LogP contribution in [0.1, 0.15) is 6.92 Å². The molecule has 0 saturated carbocycles. The number of halogens is 1. The molecule has 0 aliphatic rings. The Balaban J connectivity index is 2.23. The molecule has 0 bridgehead atoms. The Morgan fingerprint density at radius 3 is 2.59 bits per heavy atom. The first-order chi connectivity index (χ1) is 8.11. The first kappa shape index (κ1) is 13.9. The molecule has 0 aliphatic heterocycles. The van der Waals surface area contributed by atoms with Crippen molar-refractivity contribution < 1.29 is 19.3 Å². The van der Waals surface area contributed by atoms with Crippen LogP contribution in [0.3, 0.4) is 0 Å². The molecule has 0 aromatic heterocycles. The highest BCUT2D eigenvalue weighted by molar-refractivity contribution is 5.22. The van der Waals surface area contributed by atoms with Gasteiger partial charge in [0.25, 0.3) is 0 Å². The van der Waals surface area contributed by atoms with Crippen molar-refractivity contribution in [3.05, 3.63) is 30.1 Å². The predicted molar refractivity (Wildman–Crippen MR) is 62.5 cm³/mol. The van der Waals surface area contributed by atoms with E-state index < -0.39 is 6.10 Å². The van der Waals surface area contributed by atoms with Crippen molar-refractivity contribution >= 4 is 0 Å². The minimum Gasteiger partial charge on any atom is -0.491 e. The quantitative estimate of drug-likeness (QED) is 0.654. The molecule has 3 N–H and O–H groups in total. The molecule has 0 spiro atoms. The van der Waals surface area contributed by atoms with E-state index in [2.05, 4.69) is 5.32 Å². The average molecular weight is 243 g/mol. The molecule has 0 radical (unpaired) electrons. The maximum atomic E-state index is 12.6. The fourth-order valence-corrected chi connectivity index (χ4v) is 1.18. The molecule has 4 nitrogen and oxygen atoms in total. The average Bonchev–Trinajstić information content (AvgIpc) is 2.35. The number of ether oxygens (including phenoxy) is 1. The molecule has 1 rings (SSSR count). The van der Waals surface area contributed by atoms with Gasteiger partial charge in [-0.15, -0.1) is 0 Å². The number of nitrogens with one attached hydrogen (secondary N) is 1. The largest absolute Gasteiger partial charge is 0.491 e.